The SMILES string of the molecule is N#Cc1ccc(NC(=O)c2coc3ccccc23)c(F)c1. The third-order valence-electron chi connectivity index (χ3n) is 3.07. The van der Waals surface area contributed by atoms with Gasteiger partial charge in [-0.25, -0.2) is 4.39 Å². The second-order valence-corrected chi connectivity index (χ2v) is 4.41. The lowest BCUT2D eigenvalue weighted by atomic mass is 10.1. The van der Waals surface area contributed by atoms with Crippen LogP contribution in [0.2, 0.25) is 0 Å². The summed E-state index contributed by atoms with van der Waals surface area (Å²) >= 11 is 0. The number of furan rings is 1. The van der Waals surface area contributed by atoms with Crippen LogP contribution in [0.15, 0.2) is 53.1 Å². The molecule has 3 rings (SSSR count). The lowest BCUT2D eigenvalue weighted by molar-refractivity contribution is 0.102. The van der Waals surface area contributed by atoms with Gasteiger partial charge in [-0.2, -0.15) is 5.26 Å². The van der Waals surface area contributed by atoms with E-state index in [4.69, 9.17) is 9.68 Å². The number of hydrogen-bond acceptors (Lipinski definition) is 3. The number of benzene rings is 2. The lowest BCUT2D eigenvalue weighted by Crippen LogP contribution is -2.12. The molecule has 102 valence electrons. The fraction of sp³-hybridized carbons (Fsp3) is 0. The van der Waals surface area contributed by atoms with Crippen LogP contribution < -0.4 is 5.32 Å². The van der Waals surface area contributed by atoms with Crippen LogP contribution in [0.1, 0.15) is 15.9 Å². The van der Waals surface area contributed by atoms with Crippen molar-refractivity contribution >= 4 is 22.6 Å². The Bertz CT molecular complexity index is 877. The minimum atomic E-state index is -0.657. The van der Waals surface area contributed by atoms with Crippen LogP contribution in [0.25, 0.3) is 11.0 Å². The second kappa shape index (κ2) is 5.10. The molecule has 1 heterocycles. The molecule has 0 aliphatic carbocycles. The Hall–Kier alpha value is -3.13. The van der Waals surface area contributed by atoms with Gasteiger partial charge in [-0.15, -0.1) is 0 Å². The van der Waals surface area contributed by atoms with Crippen LogP contribution in [-0.4, -0.2) is 5.91 Å². The third-order valence-corrected chi connectivity index (χ3v) is 3.07. The smallest absolute Gasteiger partial charge is 0.259 e. The van der Waals surface area contributed by atoms with Gasteiger partial charge in [0.05, 0.1) is 22.9 Å². The molecule has 4 nitrogen and oxygen atoms in total. The van der Waals surface area contributed by atoms with Gasteiger partial charge in [0, 0.05) is 5.39 Å². The summed E-state index contributed by atoms with van der Waals surface area (Å²) in [5.74, 6) is -1.13. The van der Waals surface area contributed by atoms with Crippen LogP contribution in [0.5, 0.6) is 0 Å². The summed E-state index contributed by atoms with van der Waals surface area (Å²) in [4.78, 5) is 12.2. The quantitative estimate of drug-likeness (QED) is 0.778. The van der Waals surface area contributed by atoms with E-state index in [0.717, 1.165) is 6.07 Å². The number of nitrogens with one attached hydrogen (secondary N) is 1. The molecule has 0 aliphatic heterocycles. The number of nitrogens with zero attached hydrogens (tertiary/aromatic N) is 1. The van der Waals surface area contributed by atoms with Crippen molar-refractivity contribution in [3.8, 4) is 6.07 Å². The number of rotatable bonds is 2. The maximum atomic E-state index is 13.8. The van der Waals surface area contributed by atoms with Crippen molar-refractivity contribution in [2.75, 3.05) is 5.32 Å². The number of hydrogen-bond donors (Lipinski definition) is 1. The first kappa shape index (κ1) is 12.9. The maximum Gasteiger partial charge on any atom is 0.259 e. The average Bonchev–Trinajstić information content (AvgIpc) is 2.93. The van der Waals surface area contributed by atoms with E-state index in [1.165, 1.54) is 18.4 Å². The first-order chi connectivity index (χ1) is 10.2. The largest absolute Gasteiger partial charge is 0.463 e. The van der Waals surface area contributed by atoms with E-state index in [9.17, 15) is 9.18 Å². The van der Waals surface area contributed by atoms with Crippen molar-refractivity contribution in [2.24, 2.45) is 0 Å². The second-order valence-electron chi connectivity index (χ2n) is 4.41. The van der Waals surface area contributed by atoms with Gasteiger partial charge in [-0.05, 0) is 24.3 Å². The Morgan fingerprint density at radius 3 is 2.81 bits per heavy atom. The molecule has 1 amide bonds. The van der Waals surface area contributed by atoms with E-state index in [1.807, 2.05) is 6.07 Å². The molecular weight excluding hydrogens is 271 g/mol. The molecule has 0 atom stereocenters. The number of carbonyl (C=O) groups excluding carboxylic acids is 1. The Balaban J connectivity index is 1.92. The van der Waals surface area contributed by atoms with Gasteiger partial charge < -0.3 is 9.73 Å². The Labute approximate surface area is 119 Å². The highest BCUT2D eigenvalue weighted by molar-refractivity contribution is 6.12. The molecule has 2 aromatic carbocycles. The zero-order chi connectivity index (χ0) is 14.8. The minimum Gasteiger partial charge on any atom is -0.463 e. The topological polar surface area (TPSA) is 66.0 Å². The highest BCUT2D eigenvalue weighted by Crippen LogP contribution is 2.23. The number of amides is 1. The molecule has 21 heavy (non-hydrogen) atoms. The zero-order valence-corrected chi connectivity index (χ0v) is 10.8. The summed E-state index contributed by atoms with van der Waals surface area (Å²) in [7, 11) is 0. The monoisotopic (exact) mass is 280 g/mol. The van der Waals surface area contributed by atoms with Gasteiger partial charge in [0.2, 0.25) is 0 Å². The summed E-state index contributed by atoms with van der Waals surface area (Å²) in [6, 6.07) is 12.8. The first-order valence-electron chi connectivity index (χ1n) is 6.16. The Morgan fingerprint density at radius 1 is 1.24 bits per heavy atom. The van der Waals surface area contributed by atoms with Crippen molar-refractivity contribution in [1.29, 1.82) is 5.26 Å². The van der Waals surface area contributed by atoms with Crippen LogP contribution in [0.4, 0.5) is 10.1 Å². The highest BCUT2D eigenvalue weighted by atomic mass is 19.1. The maximum absolute atomic E-state index is 13.8. The first-order valence-corrected chi connectivity index (χ1v) is 6.16. The summed E-state index contributed by atoms with van der Waals surface area (Å²) < 4.78 is 19.0. The van der Waals surface area contributed by atoms with E-state index in [1.54, 1.807) is 24.3 Å². The van der Waals surface area contributed by atoms with E-state index in [-0.39, 0.29) is 11.3 Å². The highest BCUT2D eigenvalue weighted by Gasteiger charge is 2.15. The number of carbonyl (C=O) groups is 1. The van der Waals surface area contributed by atoms with Crippen molar-refractivity contribution in [1.82, 2.24) is 0 Å². The molecule has 0 radical (unpaired) electrons. The molecule has 0 bridgehead atoms. The minimum absolute atomic E-state index is 0.0179. The zero-order valence-electron chi connectivity index (χ0n) is 10.8. The van der Waals surface area contributed by atoms with Crippen LogP contribution in [0, 0.1) is 17.1 Å². The summed E-state index contributed by atoms with van der Waals surface area (Å²) in [5, 5.41) is 11.8. The molecule has 0 saturated heterocycles. The number of para-hydroxylation sites is 1. The molecule has 1 aromatic heterocycles. The molecule has 0 unspecified atom stereocenters. The van der Waals surface area contributed by atoms with Gasteiger partial charge in [0.1, 0.15) is 17.7 Å². The number of halogens is 1. The molecule has 1 N–H and O–H groups in total. The molecule has 5 heteroatoms. The van der Waals surface area contributed by atoms with Crippen molar-refractivity contribution in [3.05, 3.63) is 65.7 Å². The molecule has 0 saturated carbocycles. The van der Waals surface area contributed by atoms with Crippen LogP contribution in [0.3, 0.4) is 0 Å². The van der Waals surface area contributed by atoms with Crippen molar-refractivity contribution in [3.63, 3.8) is 0 Å². The summed E-state index contributed by atoms with van der Waals surface area (Å²) in [5.41, 5.74) is 1.13. The fourth-order valence-corrected chi connectivity index (χ4v) is 2.03. The Morgan fingerprint density at radius 2 is 2.05 bits per heavy atom. The predicted octanol–water partition coefficient (Wildman–Crippen LogP) is 3.70. The van der Waals surface area contributed by atoms with Crippen molar-refractivity contribution in [2.45, 2.75) is 0 Å². The van der Waals surface area contributed by atoms with E-state index >= 15 is 0 Å². The average molecular weight is 280 g/mol. The van der Waals surface area contributed by atoms with Gasteiger partial charge >= 0.3 is 0 Å². The molecule has 0 fully saturated rings. The number of fused-ring (bicyclic) bond motifs is 1. The standard InChI is InChI=1S/C16H9FN2O2/c17-13-7-10(8-18)5-6-14(13)19-16(20)12-9-21-15-4-2-1-3-11(12)15/h1-7,9H,(H,19,20). The molecular formula is C16H9FN2O2. The van der Waals surface area contributed by atoms with Crippen LogP contribution >= 0.6 is 0 Å². The molecule has 0 spiro atoms. The summed E-state index contributed by atoms with van der Waals surface area (Å²) in [6.45, 7) is 0. The molecule has 3 aromatic rings. The fourth-order valence-electron chi connectivity index (χ4n) is 2.03. The van der Waals surface area contributed by atoms with Crippen LogP contribution in [-0.2, 0) is 0 Å². The number of anilines is 1. The van der Waals surface area contributed by atoms with Gasteiger partial charge in [0.15, 0.2) is 0 Å². The van der Waals surface area contributed by atoms with Gasteiger partial charge in [-0.1, -0.05) is 18.2 Å². The van der Waals surface area contributed by atoms with Crippen molar-refractivity contribution < 1.29 is 13.6 Å². The van der Waals surface area contributed by atoms with Gasteiger partial charge in [-0.3, -0.25) is 4.79 Å². The molecule has 0 aliphatic rings. The normalized spacial score (nSPS) is 10.3. The third kappa shape index (κ3) is 2.35. The lowest BCUT2D eigenvalue weighted by Gasteiger charge is -2.05. The van der Waals surface area contributed by atoms with E-state index in [0.29, 0.717) is 16.5 Å². The number of nitriles is 1. The van der Waals surface area contributed by atoms with Gasteiger partial charge in [0.25, 0.3) is 5.91 Å². The Kier molecular flexibility index (Phi) is 3.13. The van der Waals surface area contributed by atoms with E-state index < -0.39 is 11.7 Å². The summed E-state index contributed by atoms with van der Waals surface area (Å²) in [6.07, 6.45) is 1.33. The van der Waals surface area contributed by atoms with E-state index in [2.05, 4.69) is 5.32 Å². The predicted molar refractivity (Wildman–Crippen MR) is 75.3 cm³/mol.